The van der Waals surface area contributed by atoms with E-state index in [1.807, 2.05) is 13.0 Å². The second-order valence-electron chi connectivity index (χ2n) is 10.2. The summed E-state index contributed by atoms with van der Waals surface area (Å²) in [5, 5.41) is 13.6. The van der Waals surface area contributed by atoms with Crippen LogP contribution in [0.4, 0.5) is 17.3 Å². The van der Waals surface area contributed by atoms with Crippen molar-refractivity contribution in [3.05, 3.63) is 108 Å². The topological polar surface area (TPSA) is 178 Å². The smallest absolute Gasteiger partial charge is 0.289 e. The van der Waals surface area contributed by atoms with Gasteiger partial charge in [0, 0.05) is 32.7 Å². The van der Waals surface area contributed by atoms with Gasteiger partial charge in [0.05, 0.1) is 9.95 Å². The number of benzene rings is 2. The number of methoxy groups -OCH3 is 2. The summed E-state index contributed by atoms with van der Waals surface area (Å²) in [6, 6.07) is 13.1. The van der Waals surface area contributed by atoms with Crippen LogP contribution in [0.25, 0.3) is 0 Å². The minimum absolute atomic E-state index is 0.00154. The summed E-state index contributed by atoms with van der Waals surface area (Å²) >= 11 is 28.8. The summed E-state index contributed by atoms with van der Waals surface area (Å²) in [4.78, 5) is 39.2. The Morgan fingerprint density at radius 2 is 1.33 bits per heavy atom. The van der Waals surface area contributed by atoms with E-state index in [0.717, 1.165) is 16.7 Å². The number of nitrogens with zero attached hydrogens (tertiary/aromatic N) is 3. The normalized spacial score (nSPS) is 9.88. The van der Waals surface area contributed by atoms with Gasteiger partial charge >= 0.3 is 0 Å². The number of carbonyl (C=O) groups excluding carboxylic acids is 2. The maximum atomic E-state index is 11.5. The Morgan fingerprint density at radius 1 is 0.808 bits per heavy atom. The summed E-state index contributed by atoms with van der Waals surface area (Å²) in [7, 11) is 2.87. The summed E-state index contributed by atoms with van der Waals surface area (Å²) in [6.45, 7) is 6.56. The molecular formula is C34H38Cl5N5O8. The highest BCUT2D eigenvalue weighted by Crippen LogP contribution is 2.39. The molecule has 282 valence electrons. The second kappa shape index (κ2) is 25.1. The number of hydrogen-bond donors (Lipinski definition) is 2. The van der Waals surface area contributed by atoms with Gasteiger partial charge in [-0.25, -0.2) is 9.97 Å². The molecule has 0 bridgehead atoms. The molecule has 0 fully saturated rings. The van der Waals surface area contributed by atoms with Crippen LogP contribution in [0.5, 0.6) is 11.5 Å². The number of hydrogen-bond acceptors (Lipinski definition) is 11. The molecule has 52 heavy (non-hydrogen) atoms. The number of amides is 1. The van der Waals surface area contributed by atoms with Crippen LogP contribution in [0.2, 0.25) is 20.1 Å². The monoisotopic (exact) mass is 819 g/mol. The fraction of sp³-hybridized carbons (Fsp3) is 0.294. The van der Waals surface area contributed by atoms with Crippen molar-refractivity contribution in [2.75, 3.05) is 38.5 Å². The molecule has 0 radical (unpaired) electrons. The van der Waals surface area contributed by atoms with Gasteiger partial charge in [0.25, 0.3) is 11.6 Å². The van der Waals surface area contributed by atoms with Gasteiger partial charge < -0.3 is 30.0 Å². The van der Waals surface area contributed by atoms with Crippen LogP contribution in [0.1, 0.15) is 37.0 Å². The van der Waals surface area contributed by atoms with Gasteiger partial charge in [0.2, 0.25) is 5.24 Å². The lowest BCUT2D eigenvalue weighted by Crippen LogP contribution is -2.18. The number of ether oxygens (including phenoxy) is 4. The Hall–Kier alpha value is -3.95. The number of nitro benzene ring substituents is 1. The van der Waals surface area contributed by atoms with E-state index in [1.54, 1.807) is 42.7 Å². The Kier molecular flexibility index (Phi) is 22.2. The van der Waals surface area contributed by atoms with Gasteiger partial charge in [-0.3, -0.25) is 19.7 Å². The van der Waals surface area contributed by atoms with Crippen molar-refractivity contribution >= 4 is 86.5 Å². The third kappa shape index (κ3) is 17.0. The average Bonchev–Trinajstić information content (AvgIpc) is 3.08. The van der Waals surface area contributed by atoms with Crippen molar-refractivity contribution in [2.24, 2.45) is 0 Å². The lowest BCUT2D eigenvalue weighted by molar-refractivity contribution is -0.384. The molecule has 4 rings (SSSR count). The van der Waals surface area contributed by atoms with E-state index >= 15 is 0 Å². The summed E-state index contributed by atoms with van der Waals surface area (Å²) in [5.74, 6) is 1.30. The second-order valence-corrected chi connectivity index (χ2v) is 12.1. The van der Waals surface area contributed by atoms with E-state index in [-0.39, 0.29) is 53.8 Å². The predicted octanol–water partition coefficient (Wildman–Crippen LogP) is 9.13. The number of nitrogen functional groups attached to an aromatic ring is 1. The van der Waals surface area contributed by atoms with E-state index in [1.165, 1.54) is 32.8 Å². The first-order valence-corrected chi connectivity index (χ1v) is 17.0. The molecule has 0 aliphatic carbocycles. The maximum Gasteiger partial charge on any atom is 0.289 e. The number of pyridine rings is 2. The molecule has 13 nitrogen and oxygen atoms in total. The van der Waals surface area contributed by atoms with Gasteiger partial charge in [-0.05, 0) is 71.6 Å². The van der Waals surface area contributed by atoms with E-state index in [2.05, 4.69) is 33.9 Å². The molecule has 1 amide bonds. The standard InChI is InChI=1S/C16H16Cl2N2O3.C12H9Cl2N3O3.C3H5ClO2.C3H8/c1-10-3-4-12(16(18)15(10)17)23-8-11-5-6-19-13(7-11)20-14(21)9-22-2;13-11-8(17(18)19)1-2-9(12(11)14)20-6-7-3-4-16-10(15)5-7;1-6-2-3(4)5;1-3-2/h3-7H,8-9H2,1-2H3,(H,19,20,21);1-5H,6H2,(H2,15,16);2H2,1H3;3H2,1-2H3. The number of rotatable bonds is 12. The number of nitrogens with one attached hydrogen (secondary N) is 1. The molecule has 4 aromatic rings. The quantitative estimate of drug-likeness (QED) is 0.0791. The van der Waals surface area contributed by atoms with Crippen molar-refractivity contribution in [1.82, 2.24) is 9.97 Å². The third-order valence-corrected chi connectivity index (χ3v) is 7.65. The Morgan fingerprint density at radius 3 is 1.83 bits per heavy atom. The molecule has 2 heterocycles. The Balaban J connectivity index is 0.000000425. The van der Waals surface area contributed by atoms with Crippen LogP contribution in [-0.4, -0.2) is 53.5 Å². The molecule has 0 aliphatic heterocycles. The van der Waals surface area contributed by atoms with Crippen LogP contribution < -0.4 is 20.5 Å². The summed E-state index contributed by atoms with van der Waals surface area (Å²) in [5.41, 5.74) is 7.79. The third-order valence-electron chi connectivity index (χ3n) is 5.72. The fourth-order valence-corrected chi connectivity index (χ4v) is 4.45. The van der Waals surface area contributed by atoms with Crippen LogP contribution in [0.3, 0.4) is 0 Å². The number of halogens is 5. The molecule has 0 saturated carbocycles. The lowest BCUT2D eigenvalue weighted by Gasteiger charge is -2.11. The first-order valence-electron chi connectivity index (χ1n) is 15.1. The lowest BCUT2D eigenvalue weighted by atomic mass is 10.2. The number of nitrogens with two attached hydrogens (primary N) is 1. The summed E-state index contributed by atoms with van der Waals surface area (Å²) in [6.07, 6.45) is 4.39. The fourth-order valence-electron chi connectivity index (χ4n) is 3.48. The Labute approximate surface area is 326 Å². The molecule has 0 atom stereocenters. The van der Waals surface area contributed by atoms with E-state index in [4.69, 9.17) is 77.9 Å². The SMILES string of the molecule is CCC.COCC(=O)Cl.COCC(=O)Nc1cc(COc2ccc(C)c(Cl)c2Cl)ccn1.Nc1cc(COc2ccc([N+](=O)[O-])c(Cl)c2Cl)ccn1. The molecule has 2 aromatic heterocycles. The molecule has 18 heteroatoms. The van der Waals surface area contributed by atoms with Crippen molar-refractivity contribution in [3.63, 3.8) is 0 Å². The molecule has 3 N–H and O–H groups in total. The maximum absolute atomic E-state index is 11.5. The highest BCUT2D eigenvalue weighted by molar-refractivity contribution is 6.63. The highest BCUT2D eigenvalue weighted by Gasteiger charge is 2.19. The van der Waals surface area contributed by atoms with Crippen LogP contribution >= 0.6 is 58.0 Å². The van der Waals surface area contributed by atoms with E-state index in [9.17, 15) is 19.7 Å². The number of carbonyl (C=O) groups is 2. The van der Waals surface area contributed by atoms with Crippen molar-refractivity contribution in [3.8, 4) is 11.5 Å². The zero-order valence-electron chi connectivity index (χ0n) is 28.9. The van der Waals surface area contributed by atoms with Crippen molar-refractivity contribution in [1.29, 1.82) is 0 Å². The van der Waals surface area contributed by atoms with E-state index < -0.39 is 10.2 Å². The Bertz CT molecular complexity index is 1770. The van der Waals surface area contributed by atoms with Gasteiger partial charge in [-0.1, -0.05) is 72.7 Å². The number of nitro groups is 1. The number of anilines is 2. The van der Waals surface area contributed by atoms with Crippen molar-refractivity contribution in [2.45, 2.75) is 40.4 Å². The number of aromatic nitrogens is 2. The minimum atomic E-state index is -0.610. The van der Waals surface area contributed by atoms with Gasteiger partial charge in [-0.2, -0.15) is 0 Å². The van der Waals surface area contributed by atoms with Gasteiger partial charge in [0.1, 0.15) is 64.6 Å². The highest BCUT2D eigenvalue weighted by atomic mass is 35.5. The molecular weight excluding hydrogens is 784 g/mol. The zero-order valence-corrected chi connectivity index (χ0v) is 32.7. The largest absolute Gasteiger partial charge is 0.487 e. The number of aryl methyl sites for hydroxylation is 1. The molecule has 0 unspecified atom stereocenters. The van der Waals surface area contributed by atoms with Crippen LogP contribution in [0.15, 0.2) is 60.9 Å². The molecule has 2 aromatic carbocycles. The van der Waals surface area contributed by atoms with E-state index in [0.29, 0.717) is 27.4 Å². The zero-order chi connectivity index (χ0) is 39.2. The summed E-state index contributed by atoms with van der Waals surface area (Å²) < 4.78 is 20.2. The first kappa shape index (κ1) is 46.1. The first-order chi connectivity index (χ1) is 24.7. The van der Waals surface area contributed by atoms with Gasteiger partial charge in [-0.15, -0.1) is 0 Å². The predicted molar refractivity (Wildman–Crippen MR) is 205 cm³/mol. The average molecular weight is 822 g/mol. The molecule has 0 spiro atoms. The van der Waals surface area contributed by atoms with Crippen LogP contribution in [0, 0.1) is 17.0 Å². The minimum Gasteiger partial charge on any atom is -0.487 e. The van der Waals surface area contributed by atoms with Crippen LogP contribution in [-0.2, 0) is 32.3 Å². The molecule has 0 aliphatic rings. The van der Waals surface area contributed by atoms with Gasteiger partial charge in [0.15, 0.2) is 0 Å². The van der Waals surface area contributed by atoms with Crippen molar-refractivity contribution < 1.29 is 33.5 Å². The molecule has 0 saturated heterocycles.